The van der Waals surface area contributed by atoms with Crippen molar-refractivity contribution in [1.82, 2.24) is 0 Å². The van der Waals surface area contributed by atoms with E-state index >= 15 is 0 Å². The van der Waals surface area contributed by atoms with Crippen LogP contribution in [0.25, 0.3) is 0 Å². The first kappa shape index (κ1) is 11.9. The van der Waals surface area contributed by atoms with Gasteiger partial charge in [0.25, 0.3) is 0 Å². The van der Waals surface area contributed by atoms with Crippen LogP contribution < -0.4 is 10.2 Å². The van der Waals surface area contributed by atoms with Crippen molar-refractivity contribution in [3.63, 3.8) is 0 Å². The molecule has 0 fully saturated rings. The molecule has 0 radical (unpaired) electrons. The summed E-state index contributed by atoms with van der Waals surface area (Å²) >= 11 is 0. The van der Waals surface area contributed by atoms with E-state index in [4.69, 9.17) is 0 Å². The molecule has 0 aliphatic heterocycles. The van der Waals surface area contributed by atoms with Gasteiger partial charge in [-0.3, -0.25) is 0 Å². The van der Waals surface area contributed by atoms with Crippen LogP contribution in [-0.2, 0) is 0 Å². The van der Waals surface area contributed by atoms with Crippen molar-refractivity contribution in [2.45, 2.75) is 19.4 Å². The minimum atomic E-state index is -0.278. The Morgan fingerprint density at radius 3 is 2.60 bits per heavy atom. The summed E-state index contributed by atoms with van der Waals surface area (Å²) in [5.41, 5.74) is 2.20. The molecular weight excluding hydrogens is 188 g/mol. The molecule has 0 aliphatic rings. The average molecular weight is 208 g/mol. The molecule has 0 heterocycles. The monoisotopic (exact) mass is 208 g/mol. The van der Waals surface area contributed by atoms with E-state index in [1.807, 2.05) is 39.2 Å². The van der Waals surface area contributed by atoms with E-state index in [9.17, 15) is 5.11 Å². The van der Waals surface area contributed by atoms with Crippen molar-refractivity contribution in [2.24, 2.45) is 0 Å². The van der Waals surface area contributed by atoms with E-state index in [0.717, 1.165) is 17.8 Å². The number of nitrogens with one attached hydrogen (secondary N) is 1. The van der Waals surface area contributed by atoms with E-state index < -0.39 is 0 Å². The highest BCUT2D eigenvalue weighted by Gasteiger charge is 2.04. The molecule has 1 aromatic rings. The molecule has 3 nitrogen and oxygen atoms in total. The lowest BCUT2D eigenvalue weighted by Crippen LogP contribution is -2.20. The normalized spacial score (nSPS) is 12.3. The molecule has 1 rings (SSSR count). The average Bonchev–Trinajstić information content (AvgIpc) is 2.26. The summed E-state index contributed by atoms with van der Waals surface area (Å²) in [4.78, 5) is 2.06. The molecule has 1 unspecified atom stereocenters. The molecule has 1 aromatic carbocycles. The van der Waals surface area contributed by atoms with Crippen LogP contribution in [0.2, 0.25) is 0 Å². The van der Waals surface area contributed by atoms with E-state index in [2.05, 4.69) is 16.3 Å². The lowest BCUT2D eigenvalue weighted by Gasteiger charge is -2.19. The van der Waals surface area contributed by atoms with Gasteiger partial charge < -0.3 is 15.3 Å². The first-order valence-corrected chi connectivity index (χ1v) is 5.33. The van der Waals surface area contributed by atoms with Gasteiger partial charge in [-0.2, -0.15) is 0 Å². The van der Waals surface area contributed by atoms with Crippen molar-refractivity contribution in [3.8, 4) is 0 Å². The summed E-state index contributed by atoms with van der Waals surface area (Å²) in [5, 5.41) is 12.7. The van der Waals surface area contributed by atoms with Crippen LogP contribution in [0.15, 0.2) is 24.3 Å². The molecule has 0 saturated carbocycles. The lowest BCUT2D eigenvalue weighted by atomic mass is 10.2. The van der Waals surface area contributed by atoms with E-state index in [1.165, 1.54) is 0 Å². The van der Waals surface area contributed by atoms with Gasteiger partial charge in [0.05, 0.1) is 17.5 Å². The fraction of sp³-hybridized carbons (Fsp3) is 0.500. The number of hydrogen-bond acceptors (Lipinski definition) is 3. The topological polar surface area (TPSA) is 35.5 Å². The molecule has 2 N–H and O–H groups in total. The highest BCUT2D eigenvalue weighted by molar-refractivity contribution is 5.69. The first-order chi connectivity index (χ1) is 7.15. The van der Waals surface area contributed by atoms with Crippen LogP contribution >= 0.6 is 0 Å². The number of anilines is 2. The standard InChI is InChI=1S/C12H20N2O/c1-4-10(15)9-13-11-7-5-6-8-12(11)14(2)3/h5-8,10,13,15H,4,9H2,1-3H3. The minimum Gasteiger partial charge on any atom is -0.391 e. The smallest absolute Gasteiger partial charge is 0.0709 e. The summed E-state index contributed by atoms with van der Waals surface area (Å²) in [6, 6.07) is 8.09. The van der Waals surface area contributed by atoms with E-state index in [-0.39, 0.29) is 6.10 Å². The minimum absolute atomic E-state index is 0.278. The second-order valence-electron chi connectivity index (χ2n) is 3.85. The lowest BCUT2D eigenvalue weighted by molar-refractivity contribution is 0.183. The zero-order valence-electron chi connectivity index (χ0n) is 9.70. The summed E-state index contributed by atoms with van der Waals surface area (Å²) in [7, 11) is 4.02. The second kappa shape index (κ2) is 5.61. The fourth-order valence-electron chi connectivity index (χ4n) is 1.39. The Morgan fingerprint density at radius 1 is 1.33 bits per heavy atom. The van der Waals surface area contributed by atoms with Crippen LogP contribution in [0.5, 0.6) is 0 Å². The predicted molar refractivity (Wildman–Crippen MR) is 65.6 cm³/mol. The van der Waals surface area contributed by atoms with Crippen LogP contribution in [0, 0.1) is 0 Å². The van der Waals surface area contributed by atoms with Gasteiger partial charge in [-0.05, 0) is 18.6 Å². The number of para-hydroxylation sites is 2. The van der Waals surface area contributed by atoms with Gasteiger partial charge in [0.2, 0.25) is 0 Å². The highest BCUT2D eigenvalue weighted by atomic mass is 16.3. The van der Waals surface area contributed by atoms with E-state index in [0.29, 0.717) is 6.54 Å². The summed E-state index contributed by atoms with van der Waals surface area (Å²) in [6.45, 7) is 2.57. The number of aliphatic hydroxyl groups is 1. The van der Waals surface area contributed by atoms with Crippen LogP contribution in [-0.4, -0.2) is 31.9 Å². The van der Waals surface area contributed by atoms with Crippen molar-refractivity contribution < 1.29 is 5.11 Å². The molecule has 0 spiro atoms. The molecule has 1 atom stereocenters. The Balaban J connectivity index is 2.67. The van der Waals surface area contributed by atoms with Crippen molar-refractivity contribution in [2.75, 3.05) is 30.9 Å². The fourth-order valence-corrected chi connectivity index (χ4v) is 1.39. The Kier molecular flexibility index (Phi) is 4.43. The second-order valence-corrected chi connectivity index (χ2v) is 3.85. The van der Waals surface area contributed by atoms with Crippen LogP contribution in [0.4, 0.5) is 11.4 Å². The van der Waals surface area contributed by atoms with Gasteiger partial charge in [-0.25, -0.2) is 0 Å². The van der Waals surface area contributed by atoms with Gasteiger partial charge in [-0.15, -0.1) is 0 Å². The first-order valence-electron chi connectivity index (χ1n) is 5.33. The van der Waals surface area contributed by atoms with Gasteiger partial charge in [0.15, 0.2) is 0 Å². The SMILES string of the molecule is CCC(O)CNc1ccccc1N(C)C. The largest absolute Gasteiger partial charge is 0.391 e. The van der Waals surface area contributed by atoms with Crippen LogP contribution in [0.3, 0.4) is 0 Å². The molecule has 0 bridgehead atoms. The Bertz CT molecular complexity index is 299. The summed E-state index contributed by atoms with van der Waals surface area (Å²) in [6.07, 6.45) is 0.497. The maximum atomic E-state index is 9.47. The molecule has 0 amide bonds. The van der Waals surface area contributed by atoms with Crippen molar-refractivity contribution in [1.29, 1.82) is 0 Å². The van der Waals surface area contributed by atoms with Gasteiger partial charge in [-0.1, -0.05) is 19.1 Å². The number of rotatable bonds is 5. The van der Waals surface area contributed by atoms with Gasteiger partial charge in [0.1, 0.15) is 0 Å². The molecule has 15 heavy (non-hydrogen) atoms. The number of hydrogen-bond donors (Lipinski definition) is 2. The predicted octanol–water partition coefficient (Wildman–Crippen LogP) is 1.94. The maximum Gasteiger partial charge on any atom is 0.0709 e. The zero-order chi connectivity index (χ0) is 11.3. The summed E-state index contributed by atoms with van der Waals surface area (Å²) in [5.74, 6) is 0. The molecular formula is C12H20N2O. The Labute approximate surface area is 91.7 Å². The van der Waals surface area contributed by atoms with Crippen molar-refractivity contribution in [3.05, 3.63) is 24.3 Å². The molecule has 0 aliphatic carbocycles. The van der Waals surface area contributed by atoms with Crippen molar-refractivity contribution >= 4 is 11.4 Å². The zero-order valence-corrected chi connectivity index (χ0v) is 9.70. The van der Waals surface area contributed by atoms with E-state index in [1.54, 1.807) is 0 Å². The summed E-state index contributed by atoms with van der Waals surface area (Å²) < 4.78 is 0. The number of nitrogens with zero attached hydrogens (tertiary/aromatic N) is 1. The quantitative estimate of drug-likeness (QED) is 0.776. The Morgan fingerprint density at radius 2 is 2.00 bits per heavy atom. The number of benzene rings is 1. The van der Waals surface area contributed by atoms with Gasteiger partial charge in [0, 0.05) is 20.6 Å². The molecule has 3 heteroatoms. The number of aliphatic hydroxyl groups excluding tert-OH is 1. The third kappa shape index (κ3) is 3.44. The molecule has 84 valence electrons. The molecule has 0 aromatic heterocycles. The third-order valence-corrected chi connectivity index (χ3v) is 2.39. The molecule has 0 saturated heterocycles. The highest BCUT2D eigenvalue weighted by Crippen LogP contribution is 2.23. The Hall–Kier alpha value is -1.22. The van der Waals surface area contributed by atoms with Crippen LogP contribution in [0.1, 0.15) is 13.3 Å². The maximum absolute atomic E-state index is 9.47. The third-order valence-electron chi connectivity index (χ3n) is 2.39. The van der Waals surface area contributed by atoms with Gasteiger partial charge >= 0.3 is 0 Å².